The lowest BCUT2D eigenvalue weighted by Crippen LogP contribution is -3.00. The second kappa shape index (κ2) is 28.4. The molecule has 0 spiro atoms. The van der Waals surface area contributed by atoms with E-state index in [-0.39, 0.29) is 60.6 Å². The zero-order valence-corrected chi connectivity index (χ0v) is 43.0. The predicted molar refractivity (Wildman–Crippen MR) is 261 cm³/mol. The SMILES string of the molecule is Cc1cnc([C@H](CC(N)=O)NC[C@H](N)C(N)=O)nc1C(=O)N[C@H](C(=O)N[C@H](C)[C@@H](O)[C@H](C)C(=O)N[C@H](C(=O)NCCc1nc(-c2nc(C(=O)NCCC[S+](C)C)cs2)cs1)[C@@H](C)O)[C@@H](O)c1cnc[nH]1.[Cl-]. The lowest BCUT2D eigenvalue weighted by molar-refractivity contribution is -0.136. The number of aromatic nitrogens is 6. The van der Waals surface area contributed by atoms with Crippen molar-refractivity contribution in [2.24, 2.45) is 23.1 Å². The monoisotopic (exact) mass is 1070 g/mol. The molecule has 4 aromatic heterocycles. The van der Waals surface area contributed by atoms with Crippen LogP contribution in [0.5, 0.6) is 0 Å². The van der Waals surface area contributed by atoms with Gasteiger partial charge in [-0.2, -0.15) is 0 Å². The molecule has 390 valence electrons. The third kappa shape index (κ3) is 17.8. The van der Waals surface area contributed by atoms with E-state index in [0.717, 1.165) is 12.2 Å². The van der Waals surface area contributed by atoms with E-state index in [4.69, 9.17) is 17.2 Å². The van der Waals surface area contributed by atoms with Crippen molar-refractivity contribution < 1.29 is 61.3 Å². The minimum Gasteiger partial charge on any atom is -1.00 e. The molecule has 0 bridgehead atoms. The van der Waals surface area contributed by atoms with Gasteiger partial charge in [0.15, 0.2) is 0 Å². The number of primary amides is 2. The van der Waals surface area contributed by atoms with Gasteiger partial charge in [0.1, 0.15) is 51.9 Å². The van der Waals surface area contributed by atoms with Crippen molar-refractivity contribution in [2.45, 2.75) is 95.5 Å². The number of hydrogen-bond donors (Lipinski definition) is 13. The smallest absolute Gasteiger partial charge is 0.271 e. The number of nitrogens with one attached hydrogen (secondary N) is 7. The van der Waals surface area contributed by atoms with Crippen molar-refractivity contribution in [1.82, 2.24) is 61.8 Å². The number of rotatable bonds is 28. The Morgan fingerprint density at radius 2 is 1.56 bits per heavy atom. The van der Waals surface area contributed by atoms with Crippen molar-refractivity contribution in [3.8, 4) is 10.7 Å². The zero-order chi connectivity index (χ0) is 51.8. The first-order chi connectivity index (χ1) is 33.1. The second-order valence-electron chi connectivity index (χ2n) is 16.6. The fourth-order valence-electron chi connectivity index (χ4n) is 6.54. The number of thiazole rings is 2. The second-order valence-corrected chi connectivity index (χ2v) is 20.8. The van der Waals surface area contributed by atoms with E-state index in [1.165, 1.54) is 69.1 Å². The molecule has 0 radical (unpaired) electrons. The highest BCUT2D eigenvalue weighted by atomic mass is 35.5. The number of amides is 7. The van der Waals surface area contributed by atoms with E-state index in [0.29, 0.717) is 45.3 Å². The van der Waals surface area contributed by atoms with Crippen molar-refractivity contribution in [1.29, 1.82) is 0 Å². The molecule has 4 rings (SSSR count). The molecule has 0 aliphatic rings. The van der Waals surface area contributed by atoms with E-state index in [2.05, 4.69) is 74.3 Å². The summed E-state index contributed by atoms with van der Waals surface area (Å²) in [4.78, 5) is 114. The Morgan fingerprint density at radius 3 is 2.20 bits per heavy atom. The van der Waals surface area contributed by atoms with Crippen LogP contribution in [0.1, 0.15) is 88.8 Å². The molecule has 0 saturated heterocycles. The topological polar surface area (TPSA) is 411 Å². The summed E-state index contributed by atoms with van der Waals surface area (Å²) >= 11 is 2.63. The van der Waals surface area contributed by atoms with Gasteiger partial charge in [-0.15, -0.1) is 22.7 Å². The molecule has 4 aromatic rings. The molecule has 0 saturated carbocycles. The molecule has 0 aliphatic heterocycles. The number of imidazole rings is 1. The lowest BCUT2D eigenvalue weighted by Gasteiger charge is -2.30. The first-order valence-electron chi connectivity index (χ1n) is 21.9. The average Bonchev–Trinajstić information content (AvgIpc) is 4.13. The fourth-order valence-corrected chi connectivity index (χ4v) is 8.88. The minimum atomic E-state index is -1.76. The lowest BCUT2D eigenvalue weighted by atomic mass is 9.96. The molecule has 0 unspecified atom stereocenters. The molecule has 16 N–H and O–H groups in total. The van der Waals surface area contributed by atoms with Crippen LogP contribution in [-0.4, -0.2) is 161 Å². The third-order valence-electron chi connectivity index (χ3n) is 10.6. The summed E-state index contributed by atoms with van der Waals surface area (Å²) in [7, 11) is 0.298. The number of aromatic amines is 1. The van der Waals surface area contributed by atoms with Crippen LogP contribution in [0, 0.1) is 12.8 Å². The van der Waals surface area contributed by atoms with Crippen LogP contribution in [0.3, 0.4) is 0 Å². The molecule has 9 atom stereocenters. The standard InChI is InChI=1S/C42H61N15O10S3.ClH/c1-19-13-50-36(24(12-28(44)59)49-14-23(43)35(45)62)55-30(19)40(66)57-32(34(61)25-15-46-18-51-25)41(67)52-21(3)33(60)20(2)37(63)56-31(22(4)58)39(65)48-10-8-29-53-27(17-68-29)42-54-26(16-69-42)38(64)47-9-7-11-70(5)6;/h13,15-18,20-24,31-34,49,58,60-61H,7-12,14,43H2,1-6H3,(H9-,44,45,46,47,48,51,52,56,57,59,62,63,64,65,66,67);1H/t20-,21+,22+,23-,24-,31-,32-,33-,34-;/m0./s1. The largest absolute Gasteiger partial charge is 1.00 e. The van der Waals surface area contributed by atoms with Crippen LogP contribution >= 0.6 is 22.7 Å². The van der Waals surface area contributed by atoms with Gasteiger partial charge in [-0.1, -0.05) is 6.92 Å². The number of aliphatic hydroxyl groups excluding tert-OH is 3. The maximum atomic E-state index is 13.9. The van der Waals surface area contributed by atoms with E-state index >= 15 is 0 Å². The Labute approximate surface area is 426 Å². The molecule has 4 heterocycles. The summed E-state index contributed by atoms with van der Waals surface area (Å²) in [6, 6.07) is -6.57. The number of H-pyrrole nitrogens is 1. The van der Waals surface area contributed by atoms with Gasteiger partial charge < -0.3 is 81.8 Å². The van der Waals surface area contributed by atoms with Gasteiger partial charge in [0, 0.05) is 55.9 Å². The summed E-state index contributed by atoms with van der Waals surface area (Å²) in [6.45, 7) is 5.97. The summed E-state index contributed by atoms with van der Waals surface area (Å²) in [5, 5.41) is 53.6. The van der Waals surface area contributed by atoms with E-state index in [9.17, 15) is 48.9 Å². The van der Waals surface area contributed by atoms with Gasteiger partial charge in [-0.25, -0.2) is 24.9 Å². The number of aryl methyl sites for hydroxylation is 1. The molecule has 0 aliphatic carbocycles. The number of aliphatic hydroxyl groups is 3. The Morgan fingerprint density at radius 1 is 0.845 bits per heavy atom. The number of nitrogens with zero attached hydrogens (tertiary/aromatic N) is 5. The Hall–Kier alpha value is -5.72. The van der Waals surface area contributed by atoms with Crippen molar-refractivity contribution in [2.75, 3.05) is 37.9 Å². The molecule has 25 nitrogen and oxygen atoms in total. The van der Waals surface area contributed by atoms with Crippen LogP contribution < -0.4 is 61.5 Å². The van der Waals surface area contributed by atoms with E-state index in [1.807, 2.05) is 0 Å². The number of hydrogen-bond acceptors (Lipinski definition) is 19. The molecule has 7 amide bonds. The summed E-state index contributed by atoms with van der Waals surface area (Å²) < 4.78 is 0. The minimum absolute atomic E-state index is 0. The zero-order valence-electron chi connectivity index (χ0n) is 39.8. The van der Waals surface area contributed by atoms with Crippen LogP contribution in [0.4, 0.5) is 0 Å². The quantitative estimate of drug-likeness (QED) is 0.0186. The van der Waals surface area contributed by atoms with Crippen LogP contribution in [0.15, 0.2) is 29.5 Å². The Balaban J connectivity index is 0.0000133. The first kappa shape index (κ1) is 59.6. The van der Waals surface area contributed by atoms with Gasteiger partial charge in [-0.3, -0.25) is 33.6 Å². The molecule has 29 heteroatoms. The molecule has 0 aromatic carbocycles. The summed E-state index contributed by atoms with van der Waals surface area (Å²) in [5.41, 5.74) is 17.3. The van der Waals surface area contributed by atoms with Crippen molar-refractivity contribution >= 4 is 74.9 Å². The van der Waals surface area contributed by atoms with Gasteiger partial charge in [0.25, 0.3) is 11.8 Å². The van der Waals surface area contributed by atoms with Gasteiger partial charge in [0.2, 0.25) is 29.5 Å². The number of halogens is 1. The van der Waals surface area contributed by atoms with Crippen molar-refractivity contribution in [3.05, 3.63) is 63.0 Å². The predicted octanol–water partition coefficient (Wildman–Crippen LogP) is -6.03. The maximum Gasteiger partial charge on any atom is 0.271 e. The van der Waals surface area contributed by atoms with E-state index in [1.54, 1.807) is 10.8 Å². The highest BCUT2D eigenvalue weighted by Crippen LogP contribution is 2.26. The van der Waals surface area contributed by atoms with Gasteiger partial charge in [-0.05, 0) is 37.2 Å². The van der Waals surface area contributed by atoms with Crippen LogP contribution in [0.25, 0.3) is 10.7 Å². The van der Waals surface area contributed by atoms with Gasteiger partial charge >= 0.3 is 0 Å². The number of nitrogens with two attached hydrogens (primary N) is 3. The molecular formula is C42H62ClN15O10S3. The van der Waals surface area contributed by atoms with Gasteiger partial charge in [0.05, 0.1) is 72.0 Å². The highest BCUT2D eigenvalue weighted by Gasteiger charge is 2.37. The molecule has 0 fully saturated rings. The fraction of sp³-hybridized carbons (Fsp3) is 0.524. The molecular weight excluding hydrogens is 1010 g/mol. The Bertz CT molecular complexity index is 2430. The van der Waals surface area contributed by atoms with E-state index < -0.39 is 89.9 Å². The van der Waals surface area contributed by atoms with Crippen LogP contribution in [-0.2, 0) is 41.3 Å². The normalized spacial score (nSPS) is 15.1. The first-order valence-corrected chi connectivity index (χ1v) is 25.9. The highest BCUT2D eigenvalue weighted by molar-refractivity contribution is 7.95. The summed E-state index contributed by atoms with van der Waals surface area (Å²) in [5.74, 6) is -5.72. The average molecular weight is 1070 g/mol. The van der Waals surface area contributed by atoms with Crippen LogP contribution in [0.2, 0.25) is 0 Å². The Kier molecular flexibility index (Phi) is 23.8. The third-order valence-corrected chi connectivity index (χ3v) is 13.5. The number of carbonyl (C=O) groups is 7. The maximum absolute atomic E-state index is 13.9. The summed E-state index contributed by atoms with van der Waals surface area (Å²) in [6.07, 6.45) is 4.14. The number of carbonyl (C=O) groups excluding carboxylic acids is 7. The molecule has 71 heavy (non-hydrogen) atoms. The van der Waals surface area contributed by atoms with Crippen molar-refractivity contribution in [3.63, 3.8) is 0 Å².